The average molecular weight is 240 g/mol. The van der Waals surface area contributed by atoms with Crippen LogP contribution in [0, 0.1) is 5.82 Å². The summed E-state index contributed by atoms with van der Waals surface area (Å²) in [5, 5.41) is 11.0. The summed E-state index contributed by atoms with van der Waals surface area (Å²) in [6.07, 6.45) is 0.378. The van der Waals surface area contributed by atoms with Gasteiger partial charge in [-0.1, -0.05) is 13.0 Å². The molecule has 0 unspecified atom stereocenters. The highest BCUT2D eigenvalue weighted by atomic mass is 19.1. The number of nitrogens with two attached hydrogens (primary N) is 1. The minimum Gasteiger partial charge on any atom is -0.478 e. The van der Waals surface area contributed by atoms with Crippen molar-refractivity contribution in [3.8, 4) is 0 Å². The number of anilines is 1. The second-order valence-corrected chi connectivity index (χ2v) is 3.47. The van der Waals surface area contributed by atoms with Gasteiger partial charge in [-0.2, -0.15) is 0 Å². The van der Waals surface area contributed by atoms with Gasteiger partial charge < -0.3 is 16.2 Å². The first-order valence-corrected chi connectivity index (χ1v) is 5.05. The molecule has 17 heavy (non-hydrogen) atoms. The molecule has 0 saturated heterocycles. The van der Waals surface area contributed by atoms with Crippen molar-refractivity contribution in [3.05, 3.63) is 29.6 Å². The lowest BCUT2D eigenvalue weighted by molar-refractivity contribution is -0.117. The number of carboxylic acids is 1. The highest BCUT2D eigenvalue weighted by Crippen LogP contribution is 2.20. The number of amides is 1. The van der Waals surface area contributed by atoms with Crippen molar-refractivity contribution < 1.29 is 19.1 Å². The molecule has 0 spiro atoms. The summed E-state index contributed by atoms with van der Waals surface area (Å²) in [7, 11) is 0. The van der Waals surface area contributed by atoms with E-state index in [0.29, 0.717) is 6.42 Å². The van der Waals surface area contributed by atoms with Crippen LogP contribution in [0.2, 0.25) is 0 Å². The Morgan fingerprint density at radius 2 is 2.18 bits per heavy atom. The van der Waals surface area contributed by atoms with Crippen LogP contribution in [-0.2, 0) is 4.79 Å². The molecule has 0 aliphatic rings. The zero-order chi connectivity index (χ0) is 13.0. The predicted octanol–water partition coefficient (Wildman–Crippen LogP) is 1.20. The Morgan fingerprint density at radius 1 is 1.53 bits per heavy atom. The maximum atomic E-state index is 13.4. The lowest BCUT2D eigenvalue weighted by Gasteiger charge is -2.12. The molecule has 1 amide bonds. The minimum absolute atomic E-state index is 0.304. The lowest BCUT2D eigenvalue weighted by atomic mass is 10.1. The normalized spacial score (nSPS) is 11.9. The molecule has 1 aromatic rings. The number of hydrogen-bond donors (Lipinski definition) is 3. The summed E-state index contributed by atoms with van der Waals surface area (Å²) in [6.45, 7) is 1.70. The lowest BCUT2D eigenvalue weighted by Crippen LogP contribution is -2.35. The van der Waals surface area contributed by atoms with Crippen molar-refractivity contribution in [3.63, 3.8) is 0 Å². The smallest absolute Gasteiger partial charge is 0.337 e. The van der Waals surface area contributed by atoms with Crippen LogP contribution in [-0.4, -0.2) is 23.0 Å². The van der Waals surface area contributed by atoms with Gasteiger partial charge in [0.25, 0.3) is 0 Å². The molecule has 1 rings (SSSR count). The maximum Gasteiger partial charge on any atom is 0.337 e. The Bertz CT molecular complexity index is 448. The van der Waals surface area contributed by atoms with Crippen molar-refractivity contribution in [1.82, 2.24) is 0 Å². The molecule has 1 aromatic carbocycles. The fraction of sp³-hybridized carbons (Fsp3) is 0.273. The first-order valence-electron chi connectivity index (χ1n) is 5.05. The standard InChI is InChI=1S/C11H13FN2O3/c1-2-8(13)10(15)14-9-6(11(16)17)4-3-5-7(9)12/h3-5,8H,2,13H2,1H3,(H,14,15)(H,16,17)/t8-/m1/s1. The van der Waals surface area contributed by atoms with Crippen molar-refractivity contribution in [1.29, 1.82) is 0 Å². The van der Waals surface area contributed by atoms with Gasteiger partial charge in [0.1, 0.15) is 5.82 Å². The van der Waals surface area contributed by atoms with Gasteiger partial charge in [0, 0.05) is 0 Å². The summed E-state index contributed by atoms with van der Waals surface area (Å²) in [5.41, 5.74) is 4.80. The Morgan fingerprint density at radius 3 is 2.71 bits per heavy atom. The van der Waals surface area contributed by atoms with Gasteiger partial charge in [-0.25, -0.2) is 9.18 Å². The number of para-hydroxylation sites is 1. The van der Waals surface area contributed by atoms with Crippen molar-refractivity contribution in [2.75, 3.05) is 5.32 Å². The number of nitrogens with one attached hydrogen (secondary N) is 1. The number of aromatic carboxylic acids is 1. The van der Waals surface area contributed by atoms with Crippen LogP contribution in [0.4, 0.5) is 10.1 Å². The van der Waals surface area contributed by atoms with Gasteiger partial charge in [-0.3, -0.25) is 4.79 Å². The van der Waals surface area contributed by atoms with E-state index in [4.69, 9.17) is 10.8 Å². The van der Waals surface area contributed by atoms with E-state index in [1.165, 1.54) is 12.1 Å². The SMILES string of the molecule is CC[C@@H](N)C(=O)Nc1c(F)cccc1C(=O)O. The summed E-state index contributed by atoms with van der Waals surface area (Å²) < 4.78 is 13.4. The number of benzene rings is 1. The van der Waals surface area contributed by atoms with E-state index in [2.05, 4.69) is 5.32 Å². The van der Waals surface area contributed by atoms with Crippen LogP contribution in [0.15, 0.2) is 18.2 Å². The zero-order valence-corrected chi connectivity index (χ0v) is 9.24. The van der Waals surface area contributed by atoms with Gasteiger partial charge in [-0.15, -0.1) is 0 Å². The molecule has 6 heteroatoms. The van der Waals surface area contributed by atoms with E-state index < -0.39 is 23.7 Å². The van der Waals surface area contributed by atoms with Gasteiger partial charge in [0.2, 0.25) is 5.91 Å². The van der Waals surface area contributed by atoms with E-state index in [0.717, 1.165) is 6.07 Å². The highest BCUT2D eigenvalue weighted by molar-refractivity contribution is 6.02. The second-order valence-electron chi connectivity index (χ2n) is 3.47. The Balaban J connectivity index is 3.05. The van der Waals surface area contributed by atoms with Crippen molar-refractivity contribution >= 4 is 17.6 Å². The topological polar surface area (TPSA) is 92.4 Å². The molecule has 0 radical (unpaired) electrons. The maximum absolute atomic E-state index is 13.4. The number of rotatable bonds is 4. The van der Waals surface area contributed by atoms with Crippen LogP contribution in [0.5, 0.6) is 0 Å². The monoisotopic (exact) mass is 240 g/mol. The number of hydrogen-bond acceptors (Lipinski definition) is 3. The van der Waals surface area contributed by atoms with E-state index in [9.17, 15) is 14.0 Å². The largest absolute Gasteiger partial charge is 0.478 e. The summed E-state index contributed by atoms with van der Waals surface area (Å²) in [4.78, 5) is 22.3. The molecule has 0 heterocycles. The molecule has 0 aliphatic heterocycles. The Kier molecular flexibility index (Phi) is 4.17. The fourth-order valence-corrected chi connectivity index (χ4v) is 1.23. The van der Waals surface area contributed by atoms with E-state index >= 15 is 0 Å². The van der Waals surface area contributed by atoms with Crippen LogP contribution < -0.4 is 11.1 Å². The molecular formula is C11H13FN2O3. The summed E-state index contributed by atoms with van der Waals surface area (Å²) in [6, 6.07) is 2.74. The number of carboxylic acid groups (broad SMARTS) is 1. The third kappa shape index (κ3) is 3.01. The number of carbonyl (C=O) groups is 2. The summed E-state index contributed by atoms with van der Waals surface area (Å²) >= 11 is 0. The Hall–Kier alpha value is -1.95. The molecular weight excluding hydrogens is 227 g/mol. The van der Waals surface area contributed by atoms with Crippen molar-refractivity contribution in [2.45, 2.75) is 19.4 Å². The van der Waals surface area contributed by atoms with Gasteiger partial charge in [-0.05, 0) is 18.6 Å². The van der Waals surface area contributed by atoms with E-state index in [1.807, 2.05) is 0 Å². The molecule has 1 atom stereocenters. The van der Waals surface area contributed by atoms with Crippen LogP contribution in [0.3, 0.4) is 0 Å². The first kappa shape index (κ1) is 13.1. The van der Waals surface area contributed by atoms with Crippen LogP contribution >= 0.6 is 0 Å². The van der Waals surface area contributed by atoms with E-state index in [1.54, 1.807) is 6.92 Å². The first-order chi connectivity index (χ1) is 7.97. The molecule has 0 saturated carbocycles. The number of halogens is 1. The highest BCUT2D eigenvalue weighted by Gasteiger charge is 2.18. The molecule has 4 N–H and O–H groups in total. The van der Waals surface area contributed by atoms with Gasteiger partial charge in [0.15, 0.2) is 0 Å². The molecule has 5 nitrogen and oxygen atoms in total. The molecule has 0 bridgehead atoms. The minimum atomic E-state index is -1.31. The number of carbonyl (C=O) groups excluding carboxylic acids is 1. The zero-order valence-electron chi connectivity index (χ0n) is 9.24. The third-order valence-electron chi connectivity index (χ3n) is 2.27. The second kappa shape index (κ2) is 5.40. The quantitative estimate of drug-likeness (QED) is 0.737. The molecule has 0 aromatic heterocycles. The van der Waals surface area contributed by atoms with Gasteiger partial charge in [0.05, 0.1) is 17.3 Å². The Labute approximate surface area is 97.4 Å². The predicted molar refractivity (Wildman–Crippen MR) is 60.3 cm³/mol. The van der Waals surface area contributed by atoms with E-state index in [-0.39, 0.29) is 11.3 Å². The van der Waals surface area contributed by atoms with Crippen molar-refractivity contribution in [2.24, 2.45) is 5.73 Å². The van der Waals surface area contributed by atoms with Gasteiger partial charge >= 0.3 is 5.97 Å². The molecule has 92 valence electrons. The molecule has 0 fully saturated rings. The van der Waals surface area contributed by atoms with Crippen LogP contribution in [0.25, 0.3) is 0 Å². The third-order valence-corrected chi connectivity index (χ3v) is 2.27. The molecule has 0 aliphatic carbocycles. The average Bonchev–Trinajstić information content (AvgIpc) is 2.30. The summed E-state index contributed by atoms with van der Waals surface area (Å²) in [5.74, 6) is -2.73. The fourth-order valence-electron chi connectivity index (χ4n) is 1.23. The van der Waals surface area contributed by atoms with Crippen LogP contribution in [0.1, 0.15) is 23.7 Å².